The number of carbonyl (C=O) groups is 1. The Morgan fingerprint density at radius 3 is 2.54 bits per heavy atom. The van der Waals surface area contributed by atoms with Crippen molar-refractivity contribution in [2.24, 2.45) is 5.92 Å². The molecule has 1 aromatic heterocycles. The maximum absolute atomic E-state index is 10.1. The zero-order valence-corrected chi connectivity index (χ0v) is 21.4. The van der Waals surface area contributed by atoms with E-state index in [0.717, 1.165) is 37.2 Å². The second kappa shape index (κ2) is 14.8. The summed E-state index contributed by atoms with van der Waals surface area (Å²) in [6, 6.07) is 17.6. The van der Waals surface area contributed by atoms with Crippen LogP contribution in [0.5, 0.6) is 5.75 Å². The molecular weight excluding hydrogens is 438 g/mol. The summed E-state index contributed by atoms with van der Waals surface area (Å²) in [4.78, 5) is 17.2. The maximum atomic E-state index is 10.1. The summed E-state index contributed by atoms with van der Waals surface area (Å²) in [5.41, 5.74) is 2.98. The fourth-order valence-corrected chi connectivity index (χ4v) is 4.07. The van der Waals surface area contributed by atoms with Gasteiger partial charge >= 0.3 is 6.09 Å². The molecule has 0 aliphatic carbocycles. The minimum Gasteiger partial charge on any atom is -0.497 e. The molecule has 0 aliphatic rings. The molecule has 0 aliphatic heterocycles. The Bertz CT molecular complexity index is 1060. The Balaban J connectivity index is 0.000000360. The van der Waals surface area contributed by atoms with Gasteiger partial charge in [-0.15, -0.1) is 6.58 Å². The van der Waals surface area contributed by atoms with Crippen molar-refractivity contribution in [1.82, 2.24) is 9.88 Å². The van der Waals surface area contributed by atoms with Crippen LogP contribution >= 0.6 is 0 Å². The molecule has 188 valence electrons. The second-order valence-electron chi connectivity index (χ2n) is 8.62. The molecular formula is C29H39N3O3. The average Bonchev–Trinajstić information content (AvgIpc) is 2.87. The highest BCUT2D eigenvalue weighted by Gasteiger charge is 2.19. The number of fused-ring (bicyclic) bond motifs is 1. The van der Waals surface area contributed by atoms with Crippen LogP contribution < -0.4 is 10.1 Å². The predicted molar refractivity (Wildman–Crippen MR) is 145 cm³/mol. The van der Waals surface area contributed by atoms with Gasteiger partial charge in [0.2, 0.25) is 0 Å². The molecule has 3 aromatic rings. The van der Waals surface area contributed by atoms with Gasteiger partial charge in [-0.2, -0.15) is 0 Å². The smallest absolute Gasteiger partial charge is 0.409 e. The summed E-state index contributed by atoms with van der Waals surface area (Å²) >= 11 is 0. The number of methoxy groups -OCH3 is 1. The number of amides is 1. The first-order valence-corrected chi connectivity index (χ1v) is 12.2. The van der Waals surface area contributed by atoms with Gasteiger partial charge in [0.15, 0.2) is 0 Å². The van der Waals surface area contributed by atoms with Crippen molar-refractivity contribution in [3.63, 3.8) is 0 Å². The standard InChI is InChI=1S/C22H32N2O.C7H7NO2/c1-6-13-24(16-17(4)7-2)19(8-3)14-18-11-12-23-22-10-9-20(25-5)15-21(18)22;9-7(10)8-6-4-2-1-3-5-6/h7,9-12,15,17,19H,2,6,8,13-14,16H2,1,3-5H3;1-5,8H,(H,9,10). The number of hydrogen-bond acceptors (Lipinski definition) is 4. The molecule has 0 bridgehead atoms. The van der Waals surface area contributed by atoms with Crippen molar-refractivity contribution in [1.29, 1.82) is 0 Å². The molecule has 0 fully saturated rings. The summed E-state index contributed by atoms with van der Waals surface area (Å²) in [5.74, 6) is 1.40. The molecule has 6 heteroatoms. The van der Waals surface area contributed by atoms with Gasteiger partial charge in [0.1, 0.15) is 5.75 Å². The van der Waals surface area contributed by atoms with Crippen molar-refractivity contribution < 1.29 is 14.6 Å². The van der Waals surface area contributed by atoms with Crippen LogP contribution in [0.3, 0.4) is 0 Å². The molecule has 0 saturated carbocycles. The number of ether oxygens (including phenoxy) is 1. The molecule has 2 unspecified atom stereocenters. The number of hydrogen-bond donors (Lipinski definition) is 2. The summed E-state index contributed by atoms with van der Waals surface area (Å²) < 4.78 is 5.41. The fraction of sp³-hybridized carbons (Fsp3) is 0.379. The normalized spacial score (nSPS) is 12.4. The Labute approximate surface area is 209 Å². The Hall–Kier alpha value is -3.38. The maximum Gasteiger partial charge on any atom is 0.409 e. The first-order chi connectivity index (χ1) is 16.9. The Kier molecular flexibility index (Phi) is 11.8. The van der Waals surface area contributed by atoms with E-state index in [1.807, 2.05) is 24.4 Å². The number of benzene rings is 2. The molecule has 3 rings (SSSR count). The highest BCUT2D eigenvalue weighted by atomic mass is 16.5. The number of carboxylic acid groups (broad SMARTS) is 1. The van der Waals surface area contributed by atoms with Crippen LogP contribution in [0.2, 0.25) is 0 Å². The lowest BCUT2D eigenvalue weighted by molar-refractivity contribution is 0.175. The van der Waals surface area contributed by atoms with E-state index in [2.05, 4.69) is 60.8 Å². The van der Waals surface area contributed by atoms with E-state index < -0.39 is 6.09 Å². The summed E-state index contributed by atoms with van der Waals surface area (Å²) in [5, 5.41) is 11.7. The van der Waals surface area contributed by atoms with Crippen LogP contribution in [0.15, 0.2) is 73.4 Å². The molecule has 0 radical (unpaired) electrons. The van der Waals surface area contributed by atoms with Crippen LogP contribution in [0, 0.1) is 5.92 Å². The summed E-state index contributed by atoms with van der Waals surface area (Å²) in [6.45, 7) is 12.9. The lowest BCUT2D eigenvalue weighted by atomic mass is 9.98. The molecule has 35 heavy (non-hydrogen) atoms. The third-order valence-corrected chi connectivity index (χ3v) is 5.94. The quantitative estimate of drug-likeness (QED) is 0.295. The van der Waals surface area contributed by atoms with Crippen LogP contribution in [0.25, 0.3) is 10.9 Å². The molecule has 1 heterocycles. The van der Waals surface area contributed by atoms with Gasteiger partial charge in [-0.25, -0.2) is 4.79 Å². The minimum atomic E-state index is -1.04. The van der Waals surface area contributed by atoms with Gasteiger partial charge in [0.05, 0.1) is 12.6 Å². The van der Waals surface area contributed by atoms with Gasteiger partial charge < -0.3 is 9.84 Å². The Morgan fingerprint density at radius 2 is 1.94 bits per heavy atom. The van der Waals surface area contributed by atoms with Crippen LogP contribution in [-0.4, -0.2) is 47.3 Å². The molecule has 0 saturated heterocycles. The fourth-order valence-electron chi connectivity index (χ4n) is 4.07. The predicted octanol–water partition coefficient (Wildman–Crippen LogP) is 6.88. The van der Waals surface area contributed by atoms with Crippen LogP contribution in [0.4, 0.5) is 10.5 Å². The van der Waals surface area contributed by atoms with E-state index in [4.69, 9.17) is 9.84 Å². The molecule has 0 spiro atoms. The molecule has 1 amide bonds. The van der Waals surface area contributed by atoms with Gasteiger partial charge in [0.25, 0.3) is 0 Å². The number of rotatable bonds is 11. The van der Waals surface area contributed by atoms with E-state index in [9.17, 15) is 4.79 Å². The molecule has 6 nitrogen and oxygen atoms in total. The monoisotopic (exact) mass is 477 g/mol. The number of nitrogens with one attached hydrogen (secondary N) is 1. The van der Waals surface area contributed by atoms with E-state index >= 15 is 0 Å². The number of nitrogens with zero attached hydrogens (tertiary/aromatic N) is 2. The van der Waals surface area contributed by atoms with Gasteiger partial charge in [-0.1, -0.05) is 45.0 Å². The van der Waals surface area contributed by atoms with Gasteiger partial charge in [0, 0.05) is 29.9 Å². The van der Waals surface area contributed by atoms with Gasteiger partial charge in [-0.05, 0) is 73.7 Å². The highest BCUT2D eigenvalue weighted by Crippen LogP contribution is 2.25. The molecule has 2 aromatic carbocycles. The minimum absolute atomic E-state index is 0.509. The van der Waals surface area contributed by atoms with Gasteiger partial charge in [-0.3, -0.25) is 15.2 Å². The van der Waals surface area contributed by atoms with E-state index in [-0.39, 0.29) is 0 Å². The highest BCUT2D eigenvalue weighted by molar-refractivity contribution is 5.83. The SMILES string of the molecule is C=CC(C)CN(CCC)C(CC)Cc1ccnc2ccc(OC)cc12.O=C(O)Nc1ccccc1. The van der Waals surface area contributed by atoms with Crippen molar-refractivity contribution >= 4 is 22.7 Å². The first-order valence-electron chi connectivity index (χ1n) is 12.2. The third kappa shape index (κ3) is 9.06. The lowest BCUT2D eigenvalue weighted by Gasteiger charge is -2.32. The van der Waals surface area contributed by atoms with Crippen LogP contribution in [-0.2, 0) is 6.42 Å². The second-order valence-corrected chi connectivity index (χ2v) is 8.62. The largest absolute Gasteiger partial charge is 0.497 e. The van der Waals surface area contributed by atoms with E-state index in [1.165, 1.54) is 17.4 Å². The molecule has 2 atom stereocenters. The van der Waals surface area contributed by atoms with Crippen molar-refractivity contribution in [2.75, 3.05) is 25.5 Å². The average molecular weight is 478 g/mol. The van der Waals surface area contributed by atoms with E-state index in [1.54, 1.807) is 31.4 Å². The summed E-state index contributed by atoms with van der Waals surface area (Å²) in [7, 11) is 1.71. The number of aromatic nitrogens is 1. The van der Waals surface area contributed by atoms with Crippen molar-refractivity contribution in [3.8, 4) is 5.75 Å². The lowest BCUT2D eigenvalue weighted by Crippen LogP contribution is -2.39. The molecule has 2 N–H and O–H groups in total. The third-order valence-electron chi connectivity index (χ3n) is 5.94. The topological polar surface area (TPSA) is 74.7 Å². The Morgan fingerprint density at radius 1 is 1.20 bits per heavy atom. The number of anilines is 1. The number of pyridine rings is 1. The van der Waals surface area contributed by atoms with Crippen LogP contribution in [0.1, 0.15) is 39.2 Å². The number of para-hydroxylation sites is 1. The van der Waals surface area contributed by atoms with Crippen molar-refractivity contribution in [2.45, 2.75) is 46.1 Å². The van der Waals surface area contributed by atoms with E-state index in [0.29, 0.717) is 17.6 Å². The first kappa shape index (κ1) is 27.9. The zero-order chi connectivity index (χ0) is 25.6. The zero-order valence-electron chi connectivity index (χ0n) is 21.4. The summed E-state index contributed by atoms with van der Waals surface area (Å²) in [6.07, 6.45) is 6.29. The van der Waals surface area contributed by atoms with Crippen molar-refractivity contribution in [3.05, 3.63) is 79.0 Å².